The van der Waals surface area contributed by atoms with Crippen molar-refractivity contribution in [1.29, 1.82) is 0 Å². The van der Waals surface area contributed by atoms with Crippen LogP contribution in [0.15, 0.2) is 122 Å². The van der Waals surface area contributed by atoms with E-state index in [4.69, 9.17) is 11.6 Å². The van der Waals surface area contributed by atoms with E-state index in [0.717, 1.165) is 22.8 Å². The van der Waals surface area contributed by atoms with Crippen LogP contribution in [0.4, 0.5) is 34.3 Å². The number of fused-ring (bicyclic) bond motifs is 1. The Labute approximate surface area is 258 Å². The molecule has 0 aliphatic carbocycles. The van der Waals surface area contributed by atoms with Crippen molar-refractivity contribution in [3.63, 3.8) is 0 Å². The van der Waals surface area contributed by atoms with Crippen LogP contribution in [-0.2, 0) is 10.8 Å². The second-order valence-electron chi connectivity index (χ2n) is 13.4. The van der Waals surface area contributed by atoms with Crippen LogP contribution in [0, 0.1) is 0 Å². The fraction of sp³-hybridized carbons (Fsp3) is 0.146. The Balaban J connectivity index is 1.37. The number of benzene rings is 5. The van der Waals surface area contributed by atoms with Gasteiger partial charge >= 0.3 is 0 Å². The predicted octanol–water partition coefficient (Wildman–Crippen LogP) is 10.8. The quantitative estimate of drug-likeness (QED) is 0.212. The van der Waals surface area contributed by atoms with Gasteiger partial charge in [-0.25, -0.2) is 4.98 Å². The van der Waals surface area contributed by atoms with Gasteiger partial charge in [-0.2, -0.15) is 0 Å². The molecular formula is C41H33N3. The van der Waals surface area contributed by atoms with Gasteiger partial charge in [-0.15, -0.1) is 0 Å². The van der Waals surface area contributed by atoms with Crippen LogP contribution in [0.3, 0.4) is 0 Å². The van der Waals surface area contributed by atoms with Crippen LogP contribution in [0.2, 0.25) is 0 Å². The van der Waals surface area contributed by atoms with E-state index in [9.17, 15) is 0 Å². The lowest BCUT2D eigenvalue weighted by Crippen LogP contribution is -2.40. The molecule has 0 fully saturated rings. The van der Waals surface area contributed by atoms with E-state index in [1.165, 1.54) is 61.2 Å². The molecule has 0 N–H and O–H groups in total. The first-order valence-electron chi connectivity index (χ1n) is 15.4. The lowest BCUT2D eigenvalue weighted by molar-refractivity contribution is 0.596. The van der Waals surface area contributed by atoms with Crippen LogP contribution >= 0.6 is 0 Å². The third-order valence-corrected chi connectivity index (χ3v) is 10.3. The smallest absolute Gasteiger partial charge is 0.137 e. The highest BCUT2D eigenvalue weighted by Crippen LogP contribution is 2.65. The fourth-order valence-electron chi connectivity index (χ4n) is 8.01. The SMILES string of the molecule is C=C1c2cccc3c2N2c4c1cc(N(c1ccc5ccccc5c1)c1ccccn1)cc4C(C)(C)c1cccc(c12)C3(C)C. The molecule has 212 valence electrons. The van der Waals surface area contributed by atoms with Gasteiger partial charge in [0.25, 0.3) is 0 Å². The Morgan fingerprint density at radius 2 is 1.23 bits per heavy atom. The first-order valence-corrected chi connectivity index (χ1v) is 15.4. The highest BCUT2D eigenvalue weighted by atomic mass is 15.2. The monoisotopic (exact) mass is 567 g/mol. The van der Waals surface area contributed by atoms with E-state index in [2.05, 4.69) is 141 Å². The zero-order chi connectivity index (χ0) is 30.0. The molecule has 6 aromatic rings. The largest absolute Gasteiger partial charge is 0.308 e. The Kier molecular flexibility index (Phi) is 4.89. The summed E-state index contributed by atoms with van der Waals surface area (Å²) in [5, 5.41) is 2.42. The van der Waals surface area contributed by atoms with E-state index in [0.29, 0.717) is 0 Å². The molecule has 0 unspecified atom stereocenters. The molecule has 4 heterocycles. The summed E-state index contributed by atoms with van der Waals surface area (Å²) in [6.07, 6.45) is 1.87. The maximum atomic E-state index is 4.86. The van der Waals surface area contributed by atoms with Gasteiger partial charge in [-0.1, -0.05) is 107 Å². The van der Waals surface area contributed by atoms with Gasteiger partial charge in [0, 0.05) is 39.5 Å². The number of nitrogens with zero attached hydrogens (tertiary/aromatic N) is 3. The number of aromatic nitrogens is 1. The van der Waals surface area contributed by atoms with Gasteiger partial charge in [0.15, 0.2) is 0 Å². The van der Waals surface area contributed by atoms with Crippen molar-refractivity contribution >= 4 is 50.6 Å². The summed E-state index contributed by atoms with van der Waals surface area (Å²) in [5.41, 5.74) is 14.6. The number of hydrogen-bond acceptors (Lipinski definition) is 3. The van der Waals surface area contributed by atoms with E-state index in [-0.39, 0.29) is 10.8 Å². The Bertz CT molecular complexity index is 2210. The summed E-state index contributed by atoms with van der Waals surface area (Å²) in [4.78, 5) is 9.72. The molecule has 5 aromatic carbocycles. The van der Waals surface area contributed by atoms with E-state index >= 15 is 0 Å². The molecular weight excluding hydrogens is 534 g/mol. The van der Waals surface area contributed by atoms with Gasteiger partial charge in [0.2, 0.25) is 0 Å². The summed E-state index contributed by atoms with van der Waals surface area (Å²) < 4.78 is 0. The van der Waals surface area contributed by atoms with E-state index < -0.39 is 0 Å². The molecule has 9 rings (SSSR count). The molecule has 0 radical (unpaired) electrons. The normalized spacial score (nSPS) is 16.1. The van der Waals surface area contributed by atoms with Gasteiger partial charge in [0.1, 0.15) is 5.82 Å². The van der Waals surface area contributed by atoms with Crippen LogP contribution in [-0.4, -0.2) is 4.98 Å². The summed E-state index contributed by atoms with van der Waals surface area (Å²) in [5.74, 6) is 0.884. The molecule has 0 bridgehead atoms. The van der Waals surface area contributed by atoms with Crippen molar-refractivity contribution in [3.8, 4) is 0 Å². The molecule has 3 nitrogen and oxygen atoms in total. The first kappa shape index (κ1) is 25.4. The van der Waals surface area contributed by atoms with E-state index in [1.807, 2.05) is 12.3 Å². The summed E-state index contributed by atoms with van der Waals surface area (Å²) in [7, 11) is 0. The average molecular weight is 568 g/mol. The van der Waals surface area contributed by atoms with Crippen molar-refractivity contribution < 1.29 is 0 Å². The standard InChI is InChI=1S/C41H33N3/c1-25-30-14-10-15-32-37(30)44-38-31(25)23-29(24-35(38)41(4,5)34-17-11-16-33(39(34)44)40(32,2)3)43(36-18-8-9-21-42-36)28-20-19-26-12-6-7-13-27(26)22-28/h6-24H,1H2,2-5H3. The zero-order valence-electron chi connectivity index (χ0n) is 25.5. The van der Waals surface area contributed by atoms with Crippen molar-refractivity contribution in [3.05, 3.63) is 155 Å². The van der Waals surface area contributed by atoms with E-state index in [1.54, 1.807) is 0 Å². The van der Waals surface area contributed by atoms with Crippen molar-refractivity contribution in [1.82, 2.24) is 4.98 Å². The number of rotatable bonds is 3. The number of pyridine rings is 1. The number of anilines is 6. The third-order valence-electron chi connectivity index (χ3n) is 10.3. The maximum absolute atomic E-state index is 4.86. The highest BCUT2D eigenvalue weighted by molar-refractivity contribution is 6.08. The minimum atomic E-state index is -0.235. The van der Waals surface area contributed by atoms with Gasteiger partial charge < -0.3 is 4.90 Å². The molecule has 0 amide bonds. The van der Waals surface area contributed by atoms with Gasteiger partial charge in [-0.3, -0.25) is 4.90 Å². The second kappa shape index (κ2) is 8.48. The highest BCUT2D eigenvalue weighted by Gasteiger charge is 2.49. The Morgan fingerprint density at radius 1 is 0.568 bits per heavy atom. The minimum absolute atomic E-state index is 0.121. The summed E-state index contributed by atoms with van der Waals surface area (Å²) in [6.45, 7) is 14.3. The zero-order valence-corrected chi connectivity index (χ0v) is 25.5. The molecule has 3 aliphatic heterocycles. The Morgan fingerprint density at radius 3 is 1.98 bits per heavy atom. The van der Waals surface area contributed by atoms with Gasteiger partial charge in [-0.05, 0) is 75.0 Å². The van der Waals surface area contributed by atoms with Crippen molar-refractivity contribution in [2.75, 3.05) is 9.80 Å². The molecule has 0 atom stereocenters. The third kappa shape index (κ3) is 3.14. The molecule has 1 aromatic heterocycles. The lowest BCUT2D eigenvalue weighted by atomic mass is 9.64. The van der Waals surface area contributed by atoms with Crippen LogP contribution in [0.5, 0.6) is 0 Å². The summed E-state index contributed by atoms with van der Waals surface area (Å²) >= 11 is 0. The molecule has 0 saturated heterocycles. The topological polar surface area (TPSA) is 19.4 Å². The Hall–Kier alpha value is -5.15. The maximum Gasteiger partial charge on any atom is 0.137 e. The molecule has 3 heteroatoms. The lowest BCUT2D eigenvalue weighted by Gasteiger charge is -2.52. The molecule has 0 saturated carbocycles. The fourth-order valence-corrected chi connectivity index (χ4v) is 8.01. The molecule has 44 heavy (non-hydrogen) atoms. The molecule has 3 aliphatic rings. The number of hydrogen-bond donors (Lipinski definition) is 0. The van der Waals surface area contributed by atoms with Crippen LogP contribution in [0.25, 0.3) is 16.3 Å². The van der Waals surface area contributed by atoms with Crippen LogP contribution < -0.4 is 9.80 Å². The second-order valence-corrected chi connectivity index (χ2v) is 13.4. The van der Waals surface area contributed by atoms with Crippen LogP contribution in [0.1, 0.15) is 61.1 Å². The molecule has 0 spiro atoms. The minimum Gasteiger partial charge on any atom is -0.308 e. The summed E-state index contributed by atoms with van der Waals surface area (Å²) in [6, 6.07) is 39.8. The first-order chi connectivity index (χ1) is 21.3. The van der Waals surface area contributed by atoms with Gasteiger partial charge in [0.05, 0.1) is 17.1 Å². The van der Waals surface area contributed by atoms with Crippen molar-refractivity contribution in [2.45, 2.75) is 38.5 Å². The average Bonchev–Trinajstić information content (AvgIpc) is 3.04. The van der Waals surface area contributed by atoms with Crippen molar-refractivity contribution in [2.24, 2.45) is 0 Å². The predicted molar refractivity (Wildman–Crippen MR) is 184 cm³/mol. The number of para-hydroxylation sites is 2.